The Bertz CT molecular complexity index is 1330. The molecule has 0 radical (unpaired) electrons. The zero-order valence-electron chi connectivity index (χ0n) is 17.1. The predicted octanol–water partition coefficient (Wildman–Crippen LogP) is 4.12. The molecule has 1 aliphatic heterocycles. The van der Waals surface area contributed by atoms with Gasteiger partial charge >= 0.3 is 0 Å². The molecule has 8 heteroatoms. The van der Waals surface area contributed by atoms with Crippen LogP contribution in [0.2, 0.25) is 0 Å². The number of rotatable bonds is 3. The molecule has 2 amide bonds. The summed E-state index contributed by atoms with van der Waals surface area (Å²) in [4.78, 5) is 34.0. The summed E-state index contributed by atoms with van der Waals surface area (Å²) in [7, 11) is 0. The van der Waals surface area contributed by atoms with Gasteiger partial charge in [-0.1, -0.05) is 12.1 Å². The number of nitrogens with zero attached hydrogens (tertiary/aromatic N) is 2. The van der Waals surface area contributed by atoms with E-state index in [2.05, 4.69) is 15.3 Å². The van der Waals surface area contributed by atoms with Crippen LogP contribution < -0.4 is 15.0 Å². The number of benzene rings is 3. The molecule has 4 aromatic rings. The van der Waals surface area contributed by atoms with Crippen molar-refractivity contribution in [2.24, 2.45) is 0 Å². The summed E-state index contributed by atoms with van der Waals surface area (Å²) < 4.78 is 19.2. The van der Waals surface area contributed by atoms with Crippen molar-refractivity contribution in [3.63, 3.8) is 0 Å². The monoisotopic (exact) mass is 430 g/mol. The van der Waals surface area contributed by atoms with Crippen molar-refractivity contribution in [1.82, 2.24) is 9.97 Å². The second-order valence-corrected chi connectivity index (χ2v) is 7.52. The third kappa shape index (κ3) is 3.66. The van der Waals surface area contributed by atoms with Gasteiger partial charge in [-0.2, -0.15) is 0 Å². The van der Waals surface area contributed by atoms with E-state index in [0.29, 0.717) is 34.0 Å². The van der Waals surface area contributed by atoms with Crippen LogP contribution in [0.1, 0.15) is 6.92 Å². The zero-order chi connectivity index (χ0) is 22.2. The van der Waals surface area contributed by atoms with Gasteiger partial charge < -0.3 is 19.9 Å². The molecule has 7 nitrogen and oxygen atoms in total. The maximum atomic E-state index is 13.4. The van der Waals surface area contributed by atoms with Gasteiger partial charge in [0, 0.05) is 18.2 Å². The first kappa shape index (κ1) is 19.7. The summed E-state index contributed by atoms with van der Waals surface area (Å²) >= 11 is 0. The molecule has 0 fully saturated rings. The third-order valence-corrected chi connectivity index (χ3v) is 5.32. The van der Waals surface area contributed by atoms with Crippen LogP contribution in [0.4, 0.5) is 15.8 Å². The van der Waals surface area contributed by atoms with E-state index < -0.39 is 6.10 Å². The van der Waals surface area contributed by atoms with Crippen LogP contribution in [0.25, 0.3) is 22.4 Å². The second kappa shape index (κ2) is 7.81. The largest absolute Gasteiger partial charge is 0.476 e. The number of carbonyl (C=O) groups is 2. The molecule has 0 spiro atoms. The van der Waals surface area contributed by atoms with Crippen LogP contribution >= 0.6 is 0 Å². The number of ether oxygens (including phenoxy) is 1. The van der Waals surface area contributed by atoms with Gasteiger partial charge in [-0.3, -0.25) is 9.59 Å². The van der Waals surface area contributed by atoms with Crippen LogP contribution in [0.5, 0.6) is 5.75 Å². The number of amides is 2. The Morgan fingerprint density at radius 3 is 2.69 bits per heavy atom. The third-order valence-electron chi connectivity index (χ3n) is 5.32. The number of hydrogen-bond acceptors (Lipinski definition) is 4. The molecule has 160 valence electrons. The molecule has 2 heterocycles. The lowest BCUT2D eigenvalue weighted by atomic mass is 10.1. The average molecular weight is 430 g/mol. The number of para-hydroxylation sites is 2. The van der Waals surface area contributed by atoms with Crippen molar-refractivity contribution in [1.29, 1.82) is 0 Å². The number of fused-ring (bicyclic) bond motifs is 2. The number of aromatic nitrogens is 2. The molecule has 2 N–H and O–H groups in total. The SMILES string of the molecule is CC(=O)N1CC(C(=O)Nc2ccc(-c3nc4ccc(F)cc4[nH]3)cc2)Oc2ccccc21. The topological polar surface area (TPSA) is 87.3 Å². The Kier molecular flexibility index (Phi) is 4.82. The molecule has 1 aromatic heterocycles. The predicted molar refractivity (Wildman–Crippen MR) is 119 cm³/mol. The lowest BCUT2D eigenvalue weighted by molar-refractivity contribution is -0.123. The molecule has 32 heavy (non-hydrogen) atoms. The number of nitrogens with one attached hydrogen (secondary N) is 2. The fourth-order valence-corrected chi connectivity index (χ4v) is 3.72. The van der Waals surface area contributed by atoms with Crippen LogP contribution in [-0.4, -0.2) is 34.4 Å². The number of halogens is 1. The summed E-state index contributed by atoms with van der Waals surface area (Å²) in [6.07, 6.45) is -0.834. The Morgan fingerprint density at radius 1 is 1.12 bits per heavy atom. The average Bonchev–Trinajstić information content (AvgIpc) is 3.22. The van der Waals surface area contributed by atoms with E-state index in [1.807, 2.05) is 18.2 Å². The zero-order valence-corrected chi connectivity index (χ0v) is 17.1. The van der Waals surface area contributed by atoms with Crippen LogP contribution in [0.15, 0.2) is 66.7 Å². The number of anilines is 2. The van der Waals surface area contributed by atoms with Gasteiger partial charge in [0.05, 0.1) is 23.3 Å². The molecular formula is C24H19FN4O3. The molecule has 5 rings (SSSR count). The molecule has 3 aromatic carbocycles. The highest BCUT2D eigenvalue weighted by molar-refractivity contribution is 5.99. The van der Waals surface area contributed by atoms with Gasteiger partial charge in [0.2, 0.25) is 5.91 Å². The number of hydrogen-bond donors (Lipinski definition) is 2. The van der Waals surface area contributed by atoms with E-state index in [9.17, 15) is 14.0 Å². The first-order chi connectivity index (χ1) is 15.5. The van der Waals surface area contributed by atoms with E-state index in [0.717, 1.165) is 5.56 Å². The minimum Gasteiger partial charge on any atom is -0.476 e. The van der Waals surface area contributed by atoms with Crippen LogP contribution in [-0.2, 0) is 9.59 Å². The molecule has 0 saturated carbocycles. The Hall–Kier alpha value is -4.20. The highest BCUT2D eigenvalue weighted by Crippen LogP contribution is 2.33. The van der Waals surface area contributed by atoms with Gasteiger partial charge in [0.25, 0.3) is 5.91 Å². The highest BCUT2D eigenvalue weighted by Gasteiger charge is 2.32. The maximum absolute atomic E-state index is 13.4. The lowest BCUT2D eigenvalue weighted by Crippen LogP contribution is -2.48. The number of aromatic amines is 1. The van der Waals surface area contributed by atoms with Crippen molar-refractivity contribution in [2.45, 2.75) is 13.0 Å². The minimum absolute atomic E-state index is 0.131. The van der Waals surface area contributed by atoms with Crippen LogP contribution in [0, 0.1) is 5.82 Å². The van der Waals surface area contributed by atoms with Crippen molar-refractivity contribution >= 4 is 34.2 Å². The molecule has 0 bridgehead atoms. The van der Waals surface area contributed by atoms with Crippen molar-refractivity contribution < 1.29 is 18.7 Å². The number of carbonyl (C=O) groups excluding carboxylic acids is 2. The van der Waals surface area contributed by atoms with Crippen molar-refractivity contribution in [3.05, 3.63) is 72.5 Å². The summed E-state index contributed by atoms with van der Waals surface area (Å²) in [6.45, 7) is 1.59. The summed E-state index contributed by atoms with van der Waals surface area (Å²) in [5.74, 6) is 0.256. The second-order valence-electron chi connectivity index (χ2n) is 7.52. The number of imidazole rings is 1. The first-order valence-electron chi connectivity index (χ1n) is 10.1. The Balaban J connectivity index is 1.32. The summed E-state index contributed by atoms with van der Waals surface area (Å²) in [6, 6.07) is 18.6. The molecule has 0 aliphatic carbocycles. The van der Waals surface area contributed by atoms with E-state index in [1.165, 1.54) is 24.0 Å². The van der Waals surface area contributed by atoms with Gasteiger partial charge in [0.15, 0.2) is 6.10 Å². The molecule has 1 atom stereocenters. The maximum Gasteiger partial charge on any atom is 0.267 e. The van der Waals surface area contributed by atoms with Gasteiger partial charge in [-0.05, 0) is 54.6 Å². The van der Waals surface area contributed by atoms with Crippen molar-refractivity contribution in [3.8, 4) is 17.1 Å². The molecule has 1 unspecified atom stereocenters. The lowest BCUT2D eigenvalue weighted by Gasteiger charge is -2.33. The standard InChI is InChI=1S/C24H19FN4O3/c1-14(30)29-13-22(32-21-5-3-2-4-20(21)29)24(31)26-17-9-6-15(7-10-17)23-27-18-11-8-16(25)12-19(18)28-23/h2-12,22H,13H2,1H3,(H,26,31)(H,27,28). The van der Waals surface area contributed by atoms with Crippen molar-refractivity contribution in [2.75, 3.05) is 16.8 Å². The highest BCUT2D eigenvalue weighted by atomic mass is 19.1. The normalized spacial score (nSPS) is 15.2. The molecular weight excluding hydrogens is 411 g/mol. The fraction of sp³-hybridized carbons (Fsp3) is 0.125. The number of H-pyrrole nitrogens is 1. The summed E-state index contributed by atoms with van der Waals surface area (Å²) in [5.41, 5.74) is 3.31. The molecule has 0 saturated heterocycles. The van der Waals surface area contributed by atoms with Crippen LogP contribution in [0.3, 0.4) is 0 Å². The minimum atomic E-state index is -0.834. The van der Waals surface area contributed by atoms with E-state index >= 15 is 0 Å². The van der Waals surface area contributed by atoms with E-state index in [-0.39, 0.29) is 24.2 Å². The molecule has 1 aliphatic rings. The van der Waals surface area contributed by atoms with Gasteiger partial charge in [0.1, 0.15) is 17.4 Å². The smallest absolute Gasteiger partial charge is 0.267 e. The van der Waals surface area contributed by atoms with Gasteiger partial charge in [-0.25, -0.2) is 9.37 Å². The quantitative estimate of drug-likeness (QED) is 0.512. The Morgan fingerprint density at radius 2 is 1.91 bits per heavy atom. The fourth-order valence-electron chi connectivity index (χ4n) is 3.72. The van der Waals surface area contributed by atoms with Gasteiger partial charge in [-0.15, -0.1) is 0 Å². The van der Waals surface area contributed by atoms with E-state index in [1.54, 1.807) is 36.4 Å². The summed E-state index contributed by atoms with van der Waals surface area (Å²) in [5, 5.41) is 2.83. The Labute approximate surface area is 182 Å². The first-order valence-corrected chi connectivity index (χ1v) is 10.1. The van der Waals surface area contributed by atoms with E-state index in [4.69, 9.17) is 4.74 Å².